The van der Waals surface area contributed by atoms with E-state index in [4.69, 9.17) is 20.9 Å². The van der Waals surface area contributed by atoms with E-state index >= 15 is 0 Å². The van der Waals surface area contributed by atoms with Crippen LogP contribution in [0.4, 0.5) is 10.2 Å². The van der Waals surface area contributed by atoms with Gasteiger partial charge in [0, 0.05) is 0 Å². The number of furan rings is 1. The third-order valence-corrected chi connectivity index (χ3v) is 5.85. The fraction of sp³-hybridized carbons (Fsp3) is 0.421. The van der Waals surface area contributed by atoms with Crippen LogP contribution in [0.1, 0.15) is 37.7 Å². The Morgan fingerprint density at radius 2 is 2.19 bits per heavy atom. The van der Waals surface area contributed by atoms with Gasteiger partial charge >= 0.3 is 5.97 Å². The molecule has 3 aliphatic carbocycles. The Balaban J connectivity index is 1.56. The van der Waals surface area contributed by atoms with E-state index < -0.39 is 11.8 Å². The minimum absolute atomic E-state index is 0.127. The van der Waals surface area contributed by atoms with Gasteiger partial charge in [-0.1, -0.05) is 24.4 Å². The van der Waals surface area contributed by atoms with Gasteiger partial charge in [-0.25, -0.2) is 14.2 Å². The number of nitriles is 1. The highest BCUT2D eigenvalue weighted by molar-refractivity contribution is 6.31. The summed E-state index contributed by atoms with van der Waals surface area (Å²) in [6.45, 7) is 0. The largest absolute Gasteiger partial charge is 0.464 e. The van der Waals surface area contributed by atoms with Gasteiger partial charge in [0.05, 0.1) is 17.7 Å². The van der Waals surface area contributed by atoms with Crippen molar-refractivity contribution in [2.75, 3.05) is 5.48 Å². The van der Waals surface area contributed by atoms with Gasteiger partial charge in [0.15, 0.2) is 11.6 Å². The molecule has 2 aromatic heterocycles. The maximum Gasteiger partial charge on any atom is 0.335 e. The first kappa shape index (κ1) is 17.8. The van der Waals surface area contributed by atoms with E-state index in [2.05, 4.69) is 10.5 Å². The van der Waals surface area contributed by atoms with E-state index in [-0.39, 0.29) is 33.8 Å². The van der Waals surface area contributed by atoms with Crippen LogP contribution in [0.15, 0.2) is 22.8 Å². The van der Waals surface area contributed by atoms with Crippen molar-refractivity contribution in [3.8, 4) is 17.4 Å². The summed E-state index contributed by atoms with van der Waals surface area (Å²) < 4.78 is 20.1. The van der Waals surface area contributed by atoms with Crippen molar-refractivity contribution in [3.63, 3.8) is 0 Å². The predicted molar refractivity (Wildman–Crippen MR) is 94.9 cm³/mol. The van der Waals surface area contributed by atoms with Gasteiger partial charge in [-0.15, -0.1) is 0 Å². The zero-order chi connectivity index (χ0) is 19.0. The van der Waals surface area contributed by atoms with Crippen molar-refractivity contribution < 1.29 is 18.4 Å². The van der Waals surface area contributed by atoms with Crippen molar-refractivity contribution in [1.29, 1.82) is 5.26 Å². The molecule has 0 spiro atoms. The molecule has 6 nitrogen and oxygen atoms in total. The first-order valence-corrected chi connectivity index (χ1v) is 9.26. The molecular weight excluding hydrogens is 373 g/mol. The molecule has 1 unspecified atom stereocenters. The average molecular weight is 390 g/mol. The second-order valence-corrected chi connectivity index (χ2v) is 7.41. The second kappa shape index (κ2) is 7.20. The Bertz CT molecular complexity index is 902. The van der Waals surface area contributed by atoms with Crippen molar-refractivity contribution in [3.05, 3.63) is 34.9 Å². The highest BCUT2D eigenvalue weighted by Gasteiger charge is 2.40. The van der Waals surface area contributed by atoms with E-state index in [1.54, 1.807) is 6.07 Å². The van der Waals surface area contributed by atoms with Crippen LogP contribution in [-0.2, 0) is 9.63 Å². The van der Waals surface area contributed by atoms with E-state index in [0.29, 0.717) is 11.8 Å². The zero-order valence-electron chi connectivity index (χ0n) is 14.4. The molecule has 3 fully saturated rings. The number of halogens is 2. The summed E-state index contributed by atoms with van der Waals surface area (Å²) in [5, 5.41) is 9.07. The molecule has 5 rings (SSSR count). The molecule has 0 amide bonds. The molecule has 3 aliphatic rings. The van der Waals surface area contributed by atoms with Crippen molar-refractivity contribution >= 4 is 23.4 Å². The van der Waals surface area contributed by atoms with Crippen LogP contribution < -0.4 is 5.48 Å². The first-order valence-electron chi connectivity index (χ1n) is 8.88. The molecule has 27 heavy (non-hydrogen) atoms. The third kappa shape index (κ3) is 3.26. The number of carbonyl (C=O) groups excluding carboxylic acids is 1. The van der Waals surface area contributed by atoms with Gasteiger partial charge < -0.3 is 9.25 Å². The van der Waals surface area contributed by atoms with E-state index in [9.17, 15) is 14.4 Å². The molecule has 0 radical (unpaired) electrons. The van der Waals surface area contributed by atoms with Crippen molar-refractivity contribution in [2.24, 2.45) is 17.8 Å². The third-order valence-electron chi connectivity index (χ3n) is 5.57. The standard InChI is InChI=1S/C19H17ClFN3O3/c20-17-13(9-22)15(14-2-1-7-26-14)16(21)18(23-17)24-27-19(25)12-8-10-3-5-11(12)6-4-10/h1-2,7,10-12H,3-6,8H2,(H,23,24). The second-order valence-electron chi connectivity index (χ2n) is 7.05. The average Bonchev–Trinajstić information content (AvgIpc) is 3.22. The molecule has 0 aromatic carbocycles. The quantitative estimate of drug-likeness (QED) is 0.602. The molecule has 0 aliphatic heterocycles. The van der Waals surface area contributed by atoms with Crippen molar-refractivity contribution in [2.45, 2.75) is 32.1 Å². The molecule has 3 saturated carbocycles. The number of nitrogens with one attached hydrogen (secondary N) is 1. The summed E-state index contributed by atoms with van der Waals surface area (Å²) >= 11 is 6.02. The maximum absolute atomic E-state index is 14.9. The van der Waals surface area contributed by atoms with E-state index in [0.717, 1.165) is 32.1 Å². The molecule has 2 bridgehead atoms. The van der Waals surface area contributed by atoms with Gasteiger partial charge in [-0.05, 0) is 43.2 Å². The number of pyridine rings is 1. The molecular formula is C19H17ClFN3O3. The highest BCUT2D eigenvalue weighted by Crippen LogP contribution is 2.45. The number of aromatic nitrogens is 1. The van der Waals surface area contributed by atoms with Crippen LogP contribution in [0.5, 0.6) is 0 Å². The van der Waals surface area contributed by atoms with Gasteiger partial charge in [-0.2, -0.15) is 10.7 Å². The lowest BCUT2D eigenvalue weighted by atomic mass is 9.65. The molecule has 1 atom stereocenters. The summed E-state index contributed by atoms with van der Waals surface area (Å²) in [5.74, 6) is -0.796. The van der Waals surface area contributed by atoms with Gasteiger partial charge in [0.2, 0.25) is 0 Å². The Morgan fingerprint density at radius 1 is 1.41 bits per heavy atom. The molecule has 0 saturated heterocycles. The number of anilines is 1. The number of carbonyl (C=O) groups is 1. The highest BCUT2D eigenvalue weighted by atomic mass is 35.5. The molecule has 2 aromatic rings. The lowest BCUT2D eigenvalue weighted by Crippen LogP contribution is -2.37. The molecule has 140 valence electrons. The number of rotatable bonds is 4. The summed E-state index contributed by atoms with van der Waals surface area (Å²) in [4.78, 5) is 21.4. The number of fused-ring (bicyclic) bond motifs is 3. The minimum Gasteiger partial charge on any atom is -0.464 e. The topological polar surface area (TPSA) is 88.1 Å². The fourth-order valence-corrected chi connectivity index (χ4v) is 4.42. The summed E-state index contributed by atoms with van der Waals surface area (Å²) in [6, 6.07) is 4.89. The lowest BCUT2D eigenvalue weighted by Gasteiger charge is -2.40. The normalized spacial score (nSPS) is 23.7. The molecule has 8 heteroatoms. The molecule has 1 N–H and O–H groups in total. The number of nitrogens with zero attached hydrogens (tertiary/aromatic N) is 2. The van der Waals surface area contributed by atoms with E-state index in [1.165, 1.54) is 12.3 Å². The lowest BCUT2D eigenvalue weighted by molar-refractivity contribution is -0.151. The Hall–Kier alpha value is -2.59. The van der Waals surface area contributed by atoms with Crippen LogP contribution in [0.2, 0.25) is 5.15 Å². The SMILES string of the molecule is N#Cc1c(Cl)nc(NOC(=O)C2CC3CCC2CC3)c(F)c1-c1ccco1. The number of hydrogen-bond acceptors (Lipinski definition) is 6. The van der Waals surface area contributed by atoms with Crippen LogP contribution in [0.25, 0.3) is 11.3 Å². The minimum atomic E-state index is -0.871. The number of hydrogen-bond donors (Lipinski definition) is 1. The smallest absolute Gasteiger partial charge is 0.335 e. The maximum atomic E-state index is 14.9. The van der Waals surface area contributed by atoms with Crippen LogP contribution >= 0.6 is 11.6 Å². The van der Waals surface area contributed by atoms with Gasteiger partial charge in [0.25, 0.3) is 0 Å². The first-order chi connectivity index (χ1) is 13.1. The Morgan fingerprint density at radius 3 is 2.78 bits per heavy atom. The fourth-order valence-electron chi connectivity index (χ4n) is 4.20. The van der Waals surface area contributed by atoms with Crippen LogP contribution in [0.3, 0.4) is 0 Å². The monoisotopic (exact) mass is 389 g/mol. The Kier molecular flexibility index (Phi) is 4.75. The van der Waals surface area contributed by atoms with E-state index in [1.807, 2.05) is 6.07 Å². The van der Waals surface area contributed by atoms with Crippen LogP contribution in [-0.4, -0.2) is 11.0 Å². The van der Waals surface area contributed by atoms with Crippen LogP contribution in [0, 0.1) is 34.9 Å². The van der Waals surface area contributed by atoms with Gasteiger partial charge in [0.1, 0.15) is 22.5 Å². The summed E-state index contributed by atoms with van der Waals surface area (Å²) in [6.07, 6.45) is 6.55. The summed E-state index contributed by atoms with van der Waals surface area (Å²) in [5.41, 5.74) is 2.02. The summed E-state index contributed by atoms with van der Waals surface area (Å²) in [7, 11) is 0. The Labute approximate surface area is 160 Å². The van der Waals surface area contributed by atoms with Gasteiger partial charge in [-0.3, -0.25) is 0 Å². The molecule has 2 heterocycles. The van der Waals surface area contributed by atoms with Crippen molar-refractivity contribution in [1.82, 2.24) is 4.98 Å². The predicted octanol–water partition coefficient (Wildman–Crippen LogP) is 4.70. The zero-order valence-corrected chi connectivity index (χ0v) is 15.1.